The Kier molecular flexibility index (Phi) is 11.0. The molecule has 3 rings (SSSR count). The minimum atomic E-state index is -2.46. The van der Waals surface area contributed by atoms with E-state index in [0.29, 0.717) is 6.04 Å². The zero-order valence-electron chi connectivity index (χ0n) is 25.1. The van der Waals surface area contributed by atoms with Crippen LogP contribution in [0.1, 0.15) is 67.7 Å². The van der Waals surface area contributed by atoms with Gasteiger partial charge in [-0.2, -0.15) is 0 Å². The number of likely N-dealkylation sites (tertiary alicyclic amines) is 1. The van der Waals surface area contributed by atoms with Gasteiger partial charge in [0.05, 0.1) is 18.3 Å². The fourth-order valence-electron chi connectivity index (χ4n) is 5.89. The Bertz CT molecular complexity index is 955. The van der Waals surface area contributed by atoms with Crippen molar-refractivity contribution in [3.63, 3.8) is 0 Å². The molecule has 0 radical (unpaired) electrons. The first kappa shape index (κ1) is 30.8. The summed E-state index contributed by atoms with van der Waals surface area (Å²) >= 11 is 0. The van der Waals surface area contributed by atoms with Crippen LogP contribution in [0.4, 0.5) is 0 Å². The topological polar surface area (TPSA) is 30.9 Å². The van der Waals surface area contributed by atoms with Crippen molar-refractivity contribution in [2.75, 3.05) is 33.4 Å². The highest BCUT2D eigenvalue weighted by Crippen LogP contribution is 2.37. The van der Waals surface area contributed by atoms with Crippen molar-refractivity contribution in [2.45, 2.75) is 90.5 Å². The Morgan fingerprint density at radius 1 is 0.947 bits per heavy atom. The fraction of sp³-hybridized carbons (Fsp3) is 0.576. The number of benzene rings is 2. The fourth-order valence-corrected chi connectivity index (χ4v) is 10.5. The Balaban J connectivity index is 1.64. The molecule has 210 valence electrons. The van der Waals surface area contributed by atoms with E-state index in [4.69, 9.17) is 13.9 Å². The van der Waals surface area contributed by atoms with E-state index < -0.39 is 8.32 Å². The number of methoxy groups -OCH3 is 1. The van der Waals surface area contributed by atoms with Crippen LogP contribution in [-0.4, -0.2) is 64.4 Å². The molecule has 2 aromatic carbocycles. The molecule has 0 unspecified atom stereocenters. The van der Waals surface area contributed by atoms with Crippen LogP contribution in [0.25, 0.3) is 0 Å². The molecule has 4 nitrogen and oxygen atoms in total. The third-order valence-electron chi connectivity index (χ3n) is 7.40. The third kappa shape index (κ3) is 8.12. The molecule has 0 amide bonds. The van der Waals surface area contributed by atoms with Gasteiger partial charge in [0.1, 0.15) is 0 Å². The molecular formula is C33H51NO3Si. The van der Waals surface area contributed by atoms with Gasteiger partial charge in [0.15, 0.2) is 0 Å². The van der Waals surface area contributed by atoms with Gasteiger partial charge < -0.3 is 13.9 Å². The second-order valence-corrected chi connectivity index (χ2v) is 17.1. The molecule has 1 fully saturated rings. The van der Waals surface area contributed by atoms with Gasteiger partial charge in [-0.15, -0.1) is 0 Å². The van der Waals surface area contributed by atoms with E-state index in [2.05, 4.69) is 120 Å². The molecule has 5 heteroatoms. The minimum absolute atomic E-state index is 0.0131. The van der Waals surface area contributed by atoms with E-state index in [9.17, 15) is 0 Å². The highest BCUT2D eigenvalue weighted by Gasteiger charge is 2.49. The van der Waals surface area contributed by atoms with Crippen LogP contribution in [0.5, 0.6) is 0 Å². The largest absolute Gasteiger partial charge is 0.407 e. The second kappa shape index (κ2) is 13.5. The average molecular weight is 538 g/mol. The number of hydrogen-bond donors (Lipinski definition) is 0. The van der Waals surface area contributed by atoms with E-state index in [0.717, 1.165) is 45.6 Å². The summed E-state index contributed by atoms with van der Waals surface area (Å²) in [5.74, 6) is 0. The van der Waals surface area contributed by atoms with Gasteiger partial charge in [0.2, 0.25) is 0 Å². The predicted octanol–water partition coefficient (Wildman–Crippen LogP) is 6.19. The summed E-state index contributed by atoms with van der Waals surface area (Å²) < 4.78 is 18.9. The summed E-state index contributed by atoms with van der Waals surface area (Å²) in [4.78, 5) is 2.53. The van der Waals surface area contributed by atoms with Crippen molar-refractivity contribution in [1.29, 1.82) is 0 Å². The molecule has 0 saturated carbocycles. The summed E-state index contributed by atoms with van der Waals surface area (Å²) in [7, 11) is -0.662. The average Bonchev–Trinajstić information content (AvgIpc) is 3.20. The van der Waals surface area contributed by atoms with Crippen LogP contribution in [0, 0.1) is 0 Å². The van der Waals surface area contributed by atoms with Crippen LogP contribution in [0.15, 0.2) is 72.3 Å². The lowest BCUT2D eigenvalue weighted by Gasteiger charge is -2.43. The van der Waals surface area contributed by atoms with Gasteiger partial charge in [0, 0.05) is 32.8 Å². The zero-order valence-corrected chi connectivity index (χ0v) is 26.1. The minimum Gasteiger partial charge on any atom is -0.407 e. The highest BCUT2D eigenvalue weighted by atomic mass is 28.4. The van der Waals surface area contributed by atoms with Gasteiger partial charge in [-0.3, -0.25) is 4.90 Å². The smallest absolute Gasteiger partial charge is 0.261 e. The van der Waals surface area contributed by atoms with Crippen molar-refractivity contribution in [3.05, 3.63) is 72.3 Å². The SMILES string of the molecule is COC[C@@H]1C[C@@H](OC(C)(C)C)CN1C/C(C)=C/CCCO[Si](c1ccccc1)(c1ccccc1)C(C)(C)C. The maximum absolute atomic E-state index is 7.06. The maximum Gasteiger partial charge on any atom is 0.261 e. The Morgan fingerprint density at radius 2 is 1.53 bits per heavy atom. The van der Waals surface area contributed by atoms with Crippen LogP contribution in [0.2, 0.25) is 5.04 Å². The van der Waals surface area contributed by atoms with Crippen molar-refractivity contribution >= 4 is 18.7 Å². The van der Waals surface area contributed by atoms with E-state index in [1.54, 1.807) is 7.11 Å². The molecule has 0 bridgehead atoms. The van der Waals surface area contributed by atoms with Crippen molar-refractivity contribution in [3.8, 4) is 0 Å². The first-order valence-electron chi connectivity index (χ1n) is 14.3. The summed E-state index contributed by atoms with van der Waals surface area (Å²) in [6, 6.07) is 22.2. The molecular weight excluding hydrogens is 486 g/mol. The van der Waals surface area contributed by atoms with Gasteiger partial charge in [-0.25, -0.2) is 0 Å². The number of nitrogens with zero attached hydrogens (tertiary/aromatic N) is 1. The Hall–Kier alpha value is -1.76. The van der Waals surface area contributed by atoms with Gasteiger partial charge in [-0.05, 0) is 62.4 Å². The van der Waals surface area contributed by atoms with E-state index in [1.165, 1.54) is 15.9 Å². The number of rotatable bonds is 12. The second-order valence-electron chi connectivity index (χ2n) is 12.8. The third-order valence-corrected chi connectivity index (χ3v) is 12.4. The Morgan fingerprint density at radius 3 is 2.03 bits per heavy atom. The predicted molar refractivity (Wildman–Crippen MR) is 163 cm³/mol. The first-order chi connectivity index (χ1) is 18.0. The summed E-state index contributed by atoms with van der Waals surface area (Å²) in [6.45, 7) is 19.1. The maximum atomic E-state index is 7.06. The molecule has 1 heterocycles. The normalized spacial score (nSPS) is 19.7. The molecule has 0 aliphatic carbocycles. The number of allylic oxidation sites excluding steroid dienone is 1. The molecule has 0 aromatic heterocycles. The summed E-state index contributed by atoms with van der Waals surface area (Å²) in [6.07, 6.45) is 5.73. The molecule has 1 saturated heterocycles. The van der Waals surface area contributed by atoms with Crippen LogP contribution in [0.3, 0.4) is 0 Å². The van der Waals surface area contributed by atoms with E-state index >= 15 is 0 Å². The molecule has 0 spiro atoms. The molecule has 0 N–H and O–H groups in total. The first-order valence-corrected chi connectivity index (χ1v) is 16.2. The van der Waals surface area contributed by atoms with Crippen LogP contribution >= 0.6 is 0 Å². The molecule has 1 aliphatic heterocycles. The van der Waals surface area contributed by atoms with Gasteiger partial charge in [0.25, 0.3) is 8.32 Å². The number of ether oxygens (including phenoxy) is 2. The monoisotopic (exact) mass is 537 g/mol. The van der Waals surface area contributed by atoms with Crippen LogP contribution < -0.4 is 10.4 Å². The van der Waals surface area contributed by atoms with E-state index in [1.807, 2.05) is 0 Å². The molecule has 1 aliphatic rings. The van der Waals surface area contributed by atoms with Gasteiger partial charge >= 0.3 is 0 Å². The lowest BCUT2D eigenvalue weighted by Crippen LogP contribution is -2.66. The van der Waals surface area contributed by atoms with Crippen LogP contribution in [-0.2, 0) is 13.9 Å². The lowest BCUT2D eigenvalue weighted by atomic mass is 10.1. The summed E-state index contributed by atoms with van der Waals surface area (Å²) in [5, 5.41) is 2.70. The van der Waals surface area contributed by atoms with Crippen molar-refractivity contribution < 1.29 is 13.9 Å². The van der Waals surface area contributed by atoms with Crippen molar-refractivity contribution in [2.24, 2.45) is 0 Å². The standard InChI is InChI=1S/C33H51NO3Si/c1-27(24-34-25-29(37-32(2,3)4)23-28(34)26-35-8)17-15-16-22-36-38(33(5,6)7,30-18-11-9-12-19-30)31-20-13-10-14-21-31/h9-14,17-21,28-29H,15-16,22-26H2,1-8H3/b27-17+/t28-,29+/m0/s1. The molecule has 2 aromatic rings. The summed E-state index contributed by atoms with van der Waals surface area (Å²) in [5.41, 5.74) is 1.29. The van der Waals surface area contributed by atoms with Gasteiger partial charge in [-0.1, -0.05) is 93.1 Å². The lowest BCUT2D eigenvalue weighted by molar-refractivity contribution is -0.0540. The van der Waals surface area contributed by atoms with E-state index in [-0.39, 0.29) is 16.7 Å². The van der Waals surface area contributed by atoms with Crippen molar-refractivity contribution in [1.82, 2.24) is 4.90 Å². The highest BCUT2D eigenvalue weighted by molar-refractivity contribution is 6.99. The molecule has 2 atom stereocenters. The Labute approximate surface area is 233 Å². The zero-order chi connectivity index (χ0) is 27.8. The quantitative estimate of drug-likeness (QED) is 0.183. The number of hydrogen-bond acceptors (Lipinski definition) is 4. The molecule has 38 heavy (non-hydrogen) atoms. The number of unbranched alkanes of at least 4 members (excludes halogenated alkanes) is 1.